The van der Waals surface area contributed by atoms with Crippen molar-refractivity contribution in [2.75, 3.05) is 13.6 Å². The topological polar surface area (TPSA) is 62.3 Å². The molecule has 1 heterocycles. The highest BCUT2D eigenvalue weighted by Crippen LogP contribution is 2.30. The second kappa shape index (κ2) is 8.26. The van der Waals surface area contributed by atoms with Gasteiger partial charge in [0.2, 0.25) is 5.91 Å². The number of amides is 2. The smallest absolute Gasteiger partial charge is 0.270 e. The Morgan fingerprint density at radius 1 is 1.26 bits per heavy atom. The molecular formula is C21H26ClN3O2. The molecule has 5 nitrogen and oxygen atoms in total. The molecule has 3 atom stereocenters. The Labute approximate surface area is 165 Å². The summed E-state index contributed by atoms with van der Waals surface area (Å²) in [5.41, 5.74) is 0.404. The minimum atomic E-state index is -0.167. The van der Waals surface area contributed by atoms with Gasteiger partial charge in [0.25, 0.3) is 5.91 Å². The standard InChI is InChI=1S/C21H26ClN3O2/c1-4-25(3)21(27)15-6-8-18(13(2)9-15)24-20(26)19-11-14-5-7-17(22)10-16(14)12-23-19/h5,7,10-13,15,18H,4,6,8-9H2,1-3H3,(H,24,26)/t13-,15+,18+/m1/s1. The number of carbonyl (C=O) groups excluding carboxylic acids is 2. The molecule has 1 fully saturated rings. The van der Waals surface area contributed by atoms with Crippen LogP contribution in [-0.2, 0) is 4.79 Å². The van der Waals surface area contributed by atoms with E-state index in [-0.39, 0.29) is 29.7 Å². The third kappa shape index (κ3) is 4.41. The van der Waals surface area contributed by atoms with Crippen molar-refractivity contribution in [3.8, 4) is 0 Å². The summed E-state index contributed by atoms with van der Waals surface area (Å²) < 4.78 is 0. The summed E-state index contributed by atoms with van der Waals surface area (Å²) in [4.78, 5) is 31.1. The van der Waals surface area contributed by atoms with Crippen LogP contribution in [-0.4, -0.2) is 41.3 Å². The number of hydrogen-bond donors (Lipinski definition) is 1. The maximum Gasteiger partial charge on any atom is 0.270 e. The second-order valence-corrected chi connectivity index (χ2v) is 7.92. The van der Waals surface area contributed by atoms with Crippen molar-refractivity contribution in [2.45, 2.75) is 39.2 Å². The van der Waals surface area contributed by atoms with E-state index >= 15 is 0 Å². The third-order valence-electron chi connectivity index (χ3n) is 5.60. The van der Waals surface area contributed by atoms with Gasteiger partial charge in [-0.3, -0.25) is 14.6 Å². The molecule has 0 unspecified atom stereocenters. The van der Waals surface area contributed by atoms with E-state index in [4.69, 9.17) is 11.6 Å². The lowest BCUT2D eigenvalue weighted by Gasteiger charge is -2.35. The van der Waals surface area contributed by atoms with E-state index in [0.29, 0.717) is 10.7 Å². The van der Waals surface area contributed by atoms with E-state index in [0.717, 1.165) is 36.6 Å². The third-order valence-corrected chi connectivity index (χ3v) is 5.84. The Morgan fingerprint density at radius 3 is 2.74 bits per heavy atom. The van der Waals surface area contributed by atoms with Crippen LogP contribution in [0.3, 0.4) is 0 Å². The van der Waals surface area contributed by atoms with E-state index in [9.17, 15) is 9.59 Å². The zero-order valence-corrected chi connectivity index (χ0v) is 16.8. The second-order valence-electron chi connectivity index (χ2n) is 7.48. The number of nitrogens with zero attached hydrogens (tertiary/aromatic N) is 2. The number of pyridine rings is 1. The number of nitrogens with one attached hydrogen (secondary N) is 1. The molecule has 1 saturated carbocycles. The summed E-state index contributed by atoms with van der Waals surface area (Å²) in [6.07, 6.45) is 4.10. The number of rotatable bonds is 4. The number of aromatic nitrogens is 1. The fourth-order valence-electron chi connectivity index (χ4n) is 3.78. The van der Waals surface area contributed by atoms with E-state index in [1.807, 2.05) is 26.1 Å². The number of halogens is 1. The van der Waals surface area contributed by atoms with E-state index in [1.54, 1.807) is 23.2 Å². The Kier molecular flexibility index (Phi) is 6.00. The lowest BCUT2D eigenvalue weighted by Crippen LogP contribution is -2.45. The molecule has 1 aliphatic rings. The highest BCUT2D eigenvalue weighted by molar-refractivity contribution is 6.31. The Morgan fingerprint density at radius 2 is 2.04 bits per heavy atom. The van der Waals surface area contributed by atoms with Gasteiger partial charge in [-0.05, 0) is 55.7 Å². The van der Waals surface area contributed by atoms with Crippen LogP contribution < -0.4 is 5.32 Å². The van der Waals surface area contributed by atoms with Gasteiger partial charge in [0.15, 0.2) is 0 Å². The van der Waals surface area contributed by atoms with Gasteiger partial charge >= 0.3 is 0 Å². The fourth-order valence-corrected chi connectivity index (χ4v) is 3.96. The van der Waals surface area contributed by atoms with Crippen LogP contribution in [0.15, 0.2) is 30.5 Å². The predicted octanol–water partition coefficient (Wildman–Crippen LogP) is 3.90. The van der Waals surface area contributed by atoms with Gasteiger partial charge in [0, 0.05) is 42.2 Å². The van der Waals surface area contributed by atoms with Gasteiger partial charge in [-0.25, -0.2) is 0 Å². The maximum absolute atomic E-state index is 12.7. The molecule has 1 aliphatic carbocycles. The molecule has 27 heavy (non-hydrogen) atoms. The summed E-state index contributed by atoms with van der Waals surface area (Å²) in [7, 11) is 1.85. The molecule has 2 amide bonds. The zero-order chi connectivity index (χ0) is 19.6. The first-order valence-corrected chi connectivity index (χ1v) is 9.88. The molecule has 0 saturated heterocycles. The van der Waals surface area contributed by atoms with Crippen LogP contribution in [0.1, 0.15) is 43.6 Å². The molecule has 1 N–H and O–H groups in total. The number of hydrogen-bond acceptors (Lipinski definition) is 3. The molecule has 6 heteroatoms. The lowest BCUT2D eigenvalue weighted by molar-refractivity contribution is -0.135. The molecule has 2 aromatic rings. The minimum Gasteiger partial charge on any atom is -0.348 e. The average molecular weight is 388 g/mol. The van der Waals surface area contributed by atoms with Crippen molar-refractivity contribution in [1.29, 1.82) is 0 Å². The monoisotopic (exact) mass is 387 g/mol. The normalized spacial score (nSPS) is 22.4. The molecule has 1 aromatic carbocycles. The lowest BCUT2D eigenvalue weighted by atomic mass is 9.78. The maximum atomic E-state index is 12.7. The van der Waals surface area contributed by atoms with Crippen LogP contribution in [0.5, 0.6) is 0 Å². The van der Waals surface area contributed by atoms with Crippen molar-refractivity contribution in [1.82, 2.24) is 15.2 Å². The van der Waals surface area contributed by atoms with Crippen LogP contribution in [0, 0.1) is 11.8 Å². The molecule has 144 valence electrons. The predicted molar refractivity (Wildman–Crippen MR) is 108 cm³/mol. The number of benzene rings is 1. The average Bonchev–Trinajstić information content (AvgIpc) is 2.67. The number of fused-ring (bicyclic) bond motifs is 1. The van der Waals surface area contributed by atoms with Gasteiger partial charge in [-0.15, -0.1) is 0 Å². The molecular weight excluding hydrogens is 362 g/mol. The summed E-state index contributed by atoms with van der Waals surface area (Å²) in [6.45, 7) is 4.81. The highest BCUT2D eigenvalue weighted by Gasteiger charge is 2.33. The quantitative estimate of drug-likeness (QED) is 0.865. The van der Waals surface area contributed by atoms with E-state index in [2.05, 4.69) is 17.2 Å². The minimum absolute atomic E-state index is 0.0571. The van der Waals surface area contributed by atoms with Gasteiger partial charge in [-0.1, -0.05) is 24.6 Å². The molecule has 1 aromatic heterocycles. The Hall–Kier alpha value is -2.14. The number of carbonyl (C=O) groups is 2. The molecule has 0 radical (unpaired) electrons. The van der Waals surface area contributed by atoms with Crippen LogP contribution in [0.4, 0.5) is 0 Å². The van der Waals surface area contributed by atoms with Gasteiger partial charge in [0.1, 0.15) is 5.69 Å². The largest absolute Gasteiger partial charge is 0.348 e. The Bertz CT molecular complexity index is 854. The first-order valence-electron chi connectivity index (χ1n) is 9.50. The van der Waals surface area contributed by atoms with Crippen LogP contribution in [0.2, 0.25) is 5.02 Å². The molecule has 3 rings (SSSR count). The first-order chi connectivity index (χ1) is 12.9. The summed E-state index contributed by atoms with van der Waals surface area (Å²) in [5, 5.41) is 5.60. The van der Waals surface area contributed by atoms with E-state index in [1.165, 1.54) is 0 Å². The summed E-state index contributed by atoms with van der Waals surface area (Å²) in [5.74, 6) is 0.353. The summed E-state index contributed by atoms with van der Waals surface area (Å²) >= 11 is 5.99. The van der Waals surface area contributed by atoms with Gasteiger partial charge in [0.05, 0.1) is 0 Å². The first kappa shape index (κ1) is 19.6. The van der Waals surface area contributed by atoms with Gasteiger partial charge < -0.3 is 10.2 Å². The fraction of sp³-hybridized carbons (Fsp3) is 0.476. The SMILES string of the molecule is CCN(C)C(=O)[C@H]1CC[C@H](NC(=O)c2cc3ccc(Cl)cc3cn2)[C@H](C)C1. The van der Waals surface area contributed by atoms with E-state index < -0.39 is 0 Å². The molecule has 0 bridgehead atoms. The van der Waals surface area contributed by atoms with Crippen molar-refractivity contribution >= 4 is 34.2 Å². The van der Waals surface area contributed by atoms with Crippen molar-refractivity contribution in [2.24, 2.45) is 11.8 Å². The van der Waals surface area contributed by atoms with Crippen LogP contribution >= 0.6 is 11.6 Å². The molecule has 0 aliphatic heterocycles. The highest BCUT2D eigenvalue weighted by atomic mass is 35.5. The van der Waals surface area contributed by atoms with Gasteiger partial charge in [-0.2, -0.15) is 0 Å². The van der Waals surface area contributed by atoms with Crippen molar-refractivity contribution in [3.63, 3.8) is 0 Å². The Balaban J connectivity index is 1.64. The van der Waals surface area contributed by atoms with Crippen molar-refractivity contribution in [3.05, 3.63) is 41.2 Å². The molecule has 0 spiro atoms. The van der Waals surface area contributed by atoms with Crippen LogP contribution in [0.25, 0.3) is 10.8 Å². The zero-order valence-electron chi connectivity index (χ0n) is 16.0. The van der Waals surface area contributed by atoms with Crippen molar-refractivity contribution < 1.29 is 9.59 Å². The summed E-state index contributed by atoms with van der Waals surface area (Å²) in [6, 6.07) is 7.38.